The van der Waals surface area contributed by atoms with Gasteiger partial charge in [0.1, 0.15) is 6.61 Å². The van der Waals surface area contributed by atoms with E-state index in [9.17, 15) is 14.4 Å². The molecule has 0 aliphatic rings. The molecular formula is C16H13N3O4. The zero-order valence-corrected chi connectivity index (χ0v) is 12.0. The molecule has 1 heterocycles. The Labute approximate surface area is 129 Å². The maximum Gasteiger partial charge on any atom is 0.411 e. The normalized spacial score (nSPS) is 10.4. The number of rotatable bonds is 3. The molecule has 7 heteroatoms. The van der Waals surface area contributed by atoms with Gasteiger partial charge < -0.3 is 4.74 Å². The van der Waals surface area contributed by atoms with Crippen LogP contribution in [-0.4, -0.2) is 16.3 Å². The van der Waals surface area contributed by atoms with Crippen molar-refractivity contribution in [1.82, 2.24) is 10.2 Å². The van der Waals surface area contributed by atoms with Gasteiger partial charge in [0.25, 0.3) is 11.1 Å². The van der Waals surface area contributed by atoms with Crippen molar-refractivity contribution in [1.29, 1.82) is 0 Å². The van der Waals surface area contributed by atoms with Crippen molar-refractivity contribution >= 4 is 22.6 Å². The molecule has 3 rings (SSSR count). The SMILES string of the molecule is O=C(Nc1cccc2c(=O)[nH][nH]c(=O)c12)OCc1ccccc1. The molecule has 0 unspecified atom stereocenters. The lowest BCUT2D eigenvalue weighted by Gasteiger charge is -2.08. The molecule has 2 aromatic carbocycles. The Hall–Kier alpha value is -3.35. The quantitative estimate of drug-likeness (QED) is 0.687. The summed E-state index contributed by atoms with van der Waals surface area (Å²) in [5, 5.41) is 7.24. The van der Waals surface area contributed by atoms with Gasteiger partial charge in [-0.15, -0.1) is 0 Å². The van der Waals surface area contributed by atoms with Crippen LogP contribution in [0.25, 0.3) is 10.8 Å². The third-order valence-corrected chi connectivity index (χ3v) is 3.28. The van der Waals surface area contributed by atoms with Crippen molar-refractivity contribution < 1.29 is 9.53 Å². The van der Waals surface area contributed by atoms with Crippen LogP contribution >= 0.6 is 0 Å². The van der Waals surface area contributed by atoms with Gasteiger partial charge in [-0.25, -0.2) is 4.79 Å². The van der Waals surface area contributed by atoms with Crippen LogP contribution in [0.4, 0.5) is 10.5 Å². The highest BCUT2D eigenvalue weighted by Gasteiger charge is 2.11. The van der Waals surface area contributed by atoms with E-state index in [1.165, 1.54) is 12.1 Å². The van der Waals surface area contributed by atoms with Gasteiger partial charge >= 0.3 is 6.09 Å². The fraction of sp³-hybridized carbons (Fsp3) is 0.0625. The smallest absolute Gasteiger partial charge is 0.411 e. The lowest BCUT2D eigenvalue weighted by atomic mass is 10.1. The largest absolute Gasteiger partial charge is 0.444 e. The first-order valence-electron chi connectivity index (χ1n) is 6.86. The average Bonchev–Trinajstić information content (AvgIpc) is 2.57. The topological polar surface area (TPSA) is 104 Å². The van der Waals surface area contributed by atoms with Crippen LogP contribution in [0.15, 0.2) is 58.1 Å². The van der Waals surface area contributed by atoms with E-state index in [1.54, 1.807) is 6.07 Å². The monoisotopic (exact) mass is 311 g/mol. The van der Waals surface area contributed by atoms with E-state index in [0.29, 0.717) is 0 Å². The second-order valence-electron chi connectivity index (χ2n) is 4.82. The zero-order valence-electron chi connectivity index (χ0n) is 12.0. The summed E-state index contributed by atoms with van der Waals surface area (Å²) >= 11 is 0. The van der Waals surface area contributed by atoms with Crippen LogP contribution in [0.3, 0.4) is 0 Å². The highest BCUT2D eigenvalue weighted by atomic mass is 16.5. The summed E-state index contributed by atoms with van der Waals surface area (Å²) < 4.78 is 5.10. The fourth-order valence-electron chi connectivity index (χ4n) is 2.20. The number of aromatic nitrogens is 2. The minimum absolute atomic E-state index is 0.105. The molecule has 0 bridgehead atoms. The van der Waals surface area contributed by atoms with Crippen LogP contribution < -0.4 is 16.4 Å². The third-order valence-electron chi connectivity index (χ3n) is 3.28. The van der Waals surface area contributed by atoms with Crippen LogP contribution in [0, 0.1) is 0 Å². The predicted octanol–water partition coefficient (Wildman–Crippen LogP) is 1.97. The minimum atomic E-state index is -0.707. The number of ether oxygens (including phenoxy) is 1. The van der Waals surface area contributed by atoms with Gasteiger partial charge in [-0.05, 0) is 17.7 Å². The van der Waals surface area contributed by atoms with E-state index in [4.69, 9.17) is 4.74 Å². The summed E-state index contributed by atoms with van der Waals surface area (Å²) in [4.78, 5) is 35.5. The highest BCUT2D eigenvalue weighted by Crippen LogP contribution is 2.17. The molecule has 1 aromatic heterocycles. The summed E-state index contributed by atoms with van der Waals surface area (Å²) in [6.45, 7) is 0.106. The van der Waals surface area contributed by atoms with Gasteiger partial charge in [-0.2, -0.15) is 0 Å². The Morgan fingerprint density at radius 2 is 1.70 bits per heavy atom. The van der Waals surface area contributed by atoms with Gasteiger partial charge in [-0.1, -0.05) is 36.4 Å². The van der Waals surface area contributed by atoms with E-state index < -0.39 is 17.2 Å². The molecule has 23 heavy (non-hydrogen) atoms. The molecule has 0 radical (unpaired) electrons. The highest BCUT2D eigenvalue weighted by molar-refractivity contribution is 5.99. The summed E-state index contributed by atoms with van der Waals surface area (Å²) in [5.41, 5.74) is 0.113. The zero-order chi connectivity index (χ0) is 16.2. The standard InChI is InChI=1S/C16H13N3O4/c20-14-11-7-4-8-12(13(11)15(21)19-18-14)17-16(22)23-9-10-5-2-1-3-6-10/h1-8H,9H2,(H,17,22)(H,18,20)(H,19,21). The average molecular weight is 311 g/mol. The molecule has 1 amide bonds. The molecule has 0 saturated heterocycles. The van der Waals surface area contributed by atoms with Gasteiger partial charge in [0, 0.05) is 0 Å². The number of carbonyl (C=O) groups excluding carboxylic acids is 1. The first-order valence-corrected chi connectivity index (χ1v) is 6.86. The number of aromatic amines is 2. The minimum Gasteiger partial charge on any atom is -0.444 e. The summed E-state index contributed by atoms with van der Waals surface area (Å²) in [6.07, 6.45) is -0.707. The maximum absolute atomic E-state index is 11.9. The summed E-state index contributed by atoms with van der Waals surface area (Å²) in [7, 11) is 0. The first-order chi connectivity index (χ1) is 11.1. The van der Waals surface area contributed by atoms with E-state index in [0.717, 1.165) is 5.56 Å². The van der Waals surface area contributed by atoms with E-state index >= 15 is 0 Å². The van der Waals surface area contributed by atoms with Crippen molar-refractivity contribution in [3.8, 4) is 0 Å². The lowest BCUT2D eigenvalue weighted by molar-refractivity contribution is 0.155. The number of nitrogens with one attached hydrogen (secondary N) is 3. The molecule has 0 aliphatic heterocycles. The molecule has 0 aliphatic carbocycles. The Kier molecular flexibility index (Phi) is 3.92. The van der Waals surface area contributed by atoms with Crippen molar-refractivity contribution in [2.45, 2.75) is 6.61 Å². The van der Waals surface area contributed by atoms with Crippen LogP contribution in [0.5, 0.6) is 0 Å². The summed E-state index contributed by atoms with van der Waals surface area (Å²) in [5.74, 6) is 0. The maximum atomic E-state index is 11.9. The molecule has 116 valence electrons. The molecule has 7 nitrogen and oxygen atoms in total. The van der Waals surface area contributed by atoms with Crippen molar-refractivity contribution in [2.24, 2.45) is 0 Å². The molecule has 3 aromatic rings. The van der Waals surface area contributed by atoms with Crippen LogP contribution in [0.1, 0.15) is 5.56 Å². The molecule has 3 N–H and O–H groups in total. The van der Waals surface area contributed by atoms with Gasteiger partial charge in [0.05, 0.1) is 16.5 Å². The number of hydrogen-bond acceptors (Lipinski definition) is 4. The van der Waals surface area contributed by atoms with Crippen molar-refractivity contribution in [3.63, 3.8) is 0 Å². The number of amides is 1. The van der Waals surface area contributed by atoms with Crippen LogP contribution in [0.2, 0.25) is 0 Å². The van der Waals surface area contributed by atoms with Gasteiger partial charge in [0.15, 0.2) is 0 Å². The number of H-pyrrole nitrogens is 2. The number of benzene rings is 2. The van der Waals surface area contributed by atoms with Crippen molar-refractivity contribution in [2.75, 3.05) is 5.32 Å². The first kappa shape index (κ1) is 14.6. The second-order valence-corrected chi connectivity index (χ2v) is 4.82. The number of anilines is 1. The molecule has 0 atom stereocenters. The predicted molar refractivity (Wildman–Crippen MR) is 85.4 cm³/mol. The van der Waals surface area contributed by atoms with Crippen molar-refractivity contribution in [3.05, 3.63) is 74.8 Å². The third kappa shape index (κ3) is 3.13. The summed E-state index contributed by atoms with van der Waals surface area (Å²) in [6, 6.07) is 13.8. The van der Waals surface area contributed by atoms with E-state index in [2.05, 4.69) is 15.5 Å². The Morgan fingerprint density at radius 1 is 0.957 bits per heavy atom. The molecule has 0 fully saturated rings. The number of hydrogen-bond donors (Lipinski definition) is 3. The fourth-order valence-corrected chi connectivity index (χ4v) is 2.20. The van der Waals surface area contributed by atoms with Gasteiger partial charge in [0.2, 0.25) is 0 Å². The molecule has 0 saturated carbocycles. The lowest BCUT2D eigenvalue weighted by Crippen LogP contribution is -2.21. The van der Waals surface area contributed by atoms with Gasteiger partial charge in [-0.3, -0.25) is 25.1 Å². The Morgan fingerprint density at radius 3 is 2.48 bits per heavy atom. The molecular weight excluding hydrogens is 298 g/mol. The van der Waals surface area contributed by atoms with E-state index in [-0.39, 0.29) is 23.1 Å². The molecule has 0 spiro atoms. The number of fused-ring (bicyclic) bond motifs is 1. The van der Waals surface area contributed by atoms with Crippen LogP contribution in [-0.2, 0) is 11.3 Å². The Bertz CT molecular complexity index is 960. The second kappa shape index (κ2) is 6.18. The van der Waals surface area contributed by atoms with E-state index in [1.807, 2.05) is 30.3 Å². The number of carbonyl (C=O) groups is 1. The Balaban J connectivity index is 1.82.